The largest absolute Gasteiger partial charge is 0.310 e. The van der Waals surface area contributed by atoms with Crippen LogP contribution >= 0.6 is 0 Å². The van der Waals surface area contributed by atoms with E-state index in [2.05, 4.69) is 229 Å². The molecular weight excluding hydrogens is 665 g/mol. The molecule has 2 nitrogen and oxygen atoms in total. The summed E-state index contributed by atoms with van der Waals surface area (Å²) >= 11 is 0. The Morgan fingerprint density at radius 2 is 0.945 bits per heavy atom. The molecule has 0 fully saturated rings. The predicted octanol–water partition coefficient (Wildman–Crippen LogP) is 14.7. The molecule has 0 unspecified atom stereocenters. The molecule has 0 atom stereocenters. The van der Waals surface area contributed by atoms with E-state index in [4.69, 9.17) is 0 Å². The number of anilines is 3. The van der Waals surface area contributed by atoms with Crippen molar-refractivity contribution in [2.75, 3.05) is 4.90 Å². The zero-order chi connectivity index (χ0) is 36.7. The van der Waals surface area contributed by atoms with Gasteiger partial charge in [0.05, 0.1) is 16.7 Å². The molecule has 260 valence electrons. The number of hydrogen-bond donors (Lipinski definition) is 0. The summed E-state index contributed by atoms with van der Waals surface area (Å²) in [6.07, 6.45) is 0. The molecule has 2 heteroatoms. The number of benzene rings is 9. The highest BCUT2D eigenvalue weighted by atomic mass is 15.1. The maximum atomic E-state index is 2.42. The fourth-order valence-corrected chi connectivity index (χ4v) is 8.17. The summed E-state index contributed by atoms with van der Waals surface area (Å²) in [5.41, 5.74) is 15.4. The van der Waals surface area contributed by atoms with Crippen molar-refractivity contribution >= 4 is 49.6 Å². The first-order valence-corrected chi connectivity index (χ1v) is 18.9. The van der Waals surface area contributed by atoms with E-state index in [1.165, 1.54) is 71.5 Å². The number of fused-ring (bicyclic) bond motifs is 4. The van der Waals surface area contributed by atoms with Crippen LogP contribution < -0.4 is 4.90 Å². The van der Waals surface area contributed by atoms with Gasteiger partial charge in [-0.15, -0.1) is 0 Å². The Labute approximate surface area is 321 Å². The fourth-order valence-electron chi connectivity index (χ4n) is 8.17. The first-order chi connectivity index (χ1) is 27.2. The van der Waals surface area contributed by atoms with Crippen molar-refractivity contribution in [1.29, 1.82) is 0 Å². The third kappa shape index (κ3) is 5.85. The Hall–Kier alpha value is -7.16. The summed E-state index contributed by atoms with van der Waals surface area (Å²) < 4.78 is 2.42. The first kappa shape index (κ1) is 32.5. The number of nitrogens with zero attached hydrogens (tertiary/aromatic N) is 2. The van der Waals surface area contributed by atoms with E-state index in [0.29, 0.717) is 0 Å². The van der Waals surface area contributed by atoms with Gasteiger partial charge in [0.2, 0.25) is 0 Å². The van der Waals surface area contributed by atoms with E-state index in [1.807, 2.05) is 0 Å². The topological polar surface area (TPSA) is 8.17 Å². The third-order valence-electron chi connectivity index (χ3n) is 10.9. The fraction of sp³-hybridized carbons (Fsp3) is 0.0189. The molecule has 1 aromatic heterocycles. The quantitative estimate of drug-likeness (QED) is 0.160. The molecule has 0 saturated carbocycles. The van der Waals surface area contributed by atoms with Crippen molar-refractivity contribution in [3.8, 4) is 39.1 Å². The second kappa shape index (κ2) is 13.7. The Morgan fingerprint density at radius 1 is 0.364 bits per heavy atom. The third-order valence-corrected chi connectivity index (χ3v) is 10.9. The van der Waals surface area contributed by atoms with Gasteiger partial charge in [-0.05, 0) is 100 Å². The lowest BCUT2D eigenvalue weighted by molar-refractivity contribution is 1.18. The molecule has 0 radical (unpaired) electrons. The van der Waals surface area contributed by atoms with Gasteiger partial charge in [0.15, 0.2) is 0 Å². The van der Waals surface area contributed by atoms with Crippen molar-refractivity contribution in [3.63, 3.8) is 0 Å². The molecule has 55 heavy (non-hydrogen) atoms. The van der Waals surface area contributed by atoms with Gasteiger partial charge in [0.1, 0.15) is 0 Å². The van der Waals surface area contributed by atoms with Crippen LogP contribution in [-0.2, 0) is 0 Å². The number of hydrogen-bond acceptors (Lipinski definition) is 1. The van der Waals surface area contributed by atoms with E-state index in [1.54, 1.807) is 0 Å². The normalized spacial score (nSPS) is 11.4. The van der Waals surface area contributed by atoms with Gasteiger partial charge in [-0.2, -0.15) is 0 Å². The first-order valence-electron chi connectivity index (χ1n) is 18.9. The molecule has 10 aromatic rings. The Balaban J connectivity index is 1.08. The minimum absolute atomic E-state index is 1.12. The van der Waals surface area contributed by atoms with Crippen LogP contribution in [0, 0.1) is 6.92 Å². The molecule has 0 spiro atoms. The van der Waals surface area contributed by atoms with Gasteiger partial charge in [-0.25, -0.2) is 0 Å². The van der Waals surface area contributed by atoms with Gasteiger partial charge in [-0.3, -0.25) is 0 Å². The average Bonchev–Trinajstić information content (AvgIpc) is 3.59. The molecule has 0 aliphatic rings. The van der Waals surface area contributed by atoms with Gasteiger partial charge < -0.3 is 9.47 Å². The average molecular weight is 703 g/mol. The number of rotatable bonds is 7. The lowest BCUT2D eigenvalue weighted by Gasteiger charge is -2.27. The standard InChI is InChI=1S/C53H38N2/c1-37-25-30-43(31-26-37)54(51-24-12-16-39-15-5-6-21-48(39)51)44-32-27-40(28-33-44)46-19-7-8-20-47(46)42-29-34-50-49-22-9-10-23-52(49)55(53(50)36-42)45-18-11-17-41(35-45)38-13-3-2-4-14-38/h2-36H,1H3. The van der Waals surface area contributed by atoms with Crippen LogP contribution in [-0.4, -0.2) is 4.57 Å². The van der Waals surface area contributed by atoms with Crippen LogP contribution in [0.2, 0.25) is 0 Å². The highest BCUT2D eigenvalue weighted by Crippen LogP contribution is 2.42. The van der Waals surface area contributed by atoms with Gasteiger partial charge >= 0.3 is 0 Å². The van der Waals surface area contributed by atoms with Crippen LogP contribution in [0.1, 0.15) is 5.56 Å². The highest BCUT2D eigenvalue weighted by Gasteiger charge is 2.18. The SMILES string of the molecule is Cc1ccc(N(c2ccc(-c3ccccc3-c3ccc4c5ccccc5n(-c5cccc(-c6ccccc6)c5)c4c3)cc2)c2cccc3ccccc23)cc1. The van der Waals surface area contributed by atoms with Crippen molar-refractivity contribution in [2.24, 2.45) is 0 Å². The molecule has 1 heterocycles. The number of para-hydroxylation sites is 1. The summed E-state index contributed by atoms with van der Waals surface area (Å²) in [6.45, 7) is 2.14. The maximum Gasteiger partial charge on any atom is 0.0547 e. The molecule has 0 aliphatic heterocycles. The summed E-state index contributed by atoms with van der Waals surface area (Å²) in [5.74, 6) is 0. The maximum absolute atomic E-state index is 2.42. The van der Waals surface area contributed by atoms with Crippen molar-refractivity contribution in [3.05, 3.63) is 218 Å². The van der Waals surface area contributed by atoms with Crippen LogP contribution in [0.4, 0.5) is 17.1 Å². The van der Waals surface area contributed by atoms with Crippen molar-refractivity contribution in [1.82, 2.24) is 4.57 Å². The smallest absolute Gasteiger partial charge is 0.0547 e. The second-order valence-corrected chi connectivity index (χ2v) is 14.3. The van der Waals surface area contributed by atoms with E-state index in [0.717, 1.165) is 22.7 Å². The molecule has 10 rings (SSSR count). The van der Waals surface area contributed by atoms with Crippen LogP contribution in [0.3, 0.4) is 0 Å². The van der Waals surface area contributed by atoms with Crippen LogP contribution in [0.15, 0.2) is 212 Å². The molecule has 0 saturated heterocycles. The monoisotopic (exact) mass is 702 g/mol. The van der Waals surface area contributed by atoms with E-state index in [9.17, 15) is 0 Å². The Kier molecular flexibility index (Phi) is 8.08. The van der Waals surface area contributed by atoms with Crippen LogP contribution in [0.5, 0.6) is 0 Å². The molecule has 0 bridgehead atoms. The predicted molar refractivity (Wildman–Crippen MR) is 234 cm³/mol. The zero-order valence-corrected chi connectivity index (χ0v) is 30.6. The highest BCUT2D eigenvalue weighted by molar-refractivity contribution is 6.10. The van der Waals surface area contributed by atoms with E-state index >= 15 is 0 Å². The lowest BCUT2D eigenvalue weighted by Crippen LogP contribution is -2.10. The molecule has 0 N–H and O–H groups in total. The minimum Gasteiger partial charge on any atom is -0.310 e. The summed E-state index contributed by atoms with van der Waals surface area (Å²) in [6, 6.07) is 77.1. The summed E-state index contributed by atoms with van der Waals surface area (Å²) in [7, 11) is 0. The molecule has 9 aromatic carbocycles. The van der Waals surface area contributed by atoms with Crippen molar-refractivity contribution < 1.29 is 0 Å². The lowest BCUT2D eigenvalue weighted by atomic mass is 9.93. The van der Waals surface area contributed by atoms with Gasteiger partial charge in [0.25, 0.3) is 0 Å². The minimum atomic E-state index is 1.12. The van der Waals surface area contributed by atoms with Gasteiger partial charge in [-0.1, -0.05) is 163 Å². The van der Waals surface area contributed by atoms with E-state index < -0.39 is 0 Å². The van der Waals surface area contributed by atoms with E-state index in [-0.39, 0.29) is 0 Å². The van der Waals surface area contributed by atoms with Crippen LogP contribution in [0.25, 0.3) is 71.6 Å². The number of aromatic nitrogens is 1. The molecule has 0 aliphatic carbocycles. The molecule has 0 amide bonds. The van der Waals surface area contributed by atoms with Crippen molar-refractivity contribution in [2.45, 2.75) is 6.92 Å². The summed E-state index contributed by atoms with van der Waals surface area (Å²) in [5, 5.41) is 4.94. The second-order valence-electron chi connectivity index (χ2n) is 14.3. The molecular formula is C53H38N2. The number of aryl methyl sites for hydroxylation is 1. The summed E-state index contributed by atoms with van der Waals surface area (Å²) in [4.78, 5) is 2.37. The Bertz CT molecular complexity index is 2970. The zero-order valence-electron chi connectivity index (χ0n) is 30.6. The Morgan fingerprint density at radius 3 is 1.75 bits per heavy atom. The van der Waals surface area contributed by atoms with Gasteiger partial charge in [0, 0.05) is 33.2 Å².